The SMILES string of the molecule is CNc1nc(NN2CCOCC2)c2[nH]cnc2n1. The molecule has 1 fully saturated rings. The van der Waals surface area contributed by atoms with Crippen LogP contribution in [0.1, 0.15) is 0 Å². The standard InChI is InChI=1S/C10H15N7O/c1-11-10-14-8-7(12-6-13-8)9(15-10)16-17-2-4-18-5-3-17/h6H,2-5H2,1H3,(H3,11,12,13,14,15,16). The smallest absolute Gasteiger partial charge is 0.226 e. The van der Waals surface area contributed by atoms with Gasteiger partial charge in [-0.1, -0.05) is 0 Å². The van der Waals surface area contributed by atoms with Gasteiger partial charge in [-0.2, -0.15) is 9.97 Å². The van der Waals surface area contributed by atoms with Crippen molar-refractivity contribution in [1.82, 2.24) is 24.9 Å². The van der Waals surface area contributed by atoms with E-state index in [9.17, 15) is 0 Å². The van der Waals surface area contributed by atoms with E-state index in [0.29, 0.717) is 11.6 Å². The lowest BCUT2D eigenvalue weighted by atomic mass is 10.4. The van der Waals surface area contributed by atoms with Crippen molar-refractivity contribution in [2.45, 2.75) is 0 Å². The van der Waals surface area contributed by atoms with Crippen LogP contribution in [0.3, 0.4) is 0 Å². The van der Waals surface area contributed by atoms with Gasteiger partial charge in [-0.15, -0.1) is 0 Å². The molecule has 0 saturated carbocycles. The zero-order valence-corrected chi connectivity index (χ0v) is 10.1. The number of rotatable bonds is 3. The van der Waals surface area contributed by atoms with Gasteiger partial charge in [0.25, 0.3) is 0 Å². The number of morpholine rings is 1. The fourth-order valence-corrected chi connectivity index (χ4v) is 1.85. The summed E-state index contributed by atoms with van der Waals surface area (Å²) in [7, 11) is 1.78. The highest BCUT2D eigenvalue weighted by molar-refractivity contribution is 5.83. The predicted molar refractivity (Wildman–Crippen MR) is 67.2 cm³/mol. The van der Waals surface area contributed by atoms with Crippen molar-refractivity contribution in [2.75, 3.05) is 44.1 Å². The van der Waals surface area contributed by atoms with E-state index in [1.54, 1.807) is 13.4 Å². The number of H-pyrrole nitrogens is 1. The zero-order valence-electron chi connectivity index (χ0n) is 10.1. The molecule has 96 valence electrons. The number of aromatic nitrogens is 4. The molecular formula is C10H15N7O. The monoisotopic (exact) mass is 249 g/mol. The summed E-state index contributed by atoms with van der Waals surface area (Å²) in [4.78, 5) is 15.9. The van der Waals surface area contributed by atoms with Crippen LogP contribution in [0.15, 0.2) is 6.33 Å². The van der Waals surface area contributed by atoms with Crippen LogP contribution in [0.5, 0.6) is 0 Å². The van der Waals surface area contributed by atoms with Gasteiger partial charge >= 0.3 is 0 Å². The van der Waals surface area contributed by atoms with E-state index in [1.807, 2.05) is 0 Å². The summed E-state index contributed by atoms with van der Waals surface area (Å²) in [6.07, 6.45) is 1.61. The average Bonchev–Trinajstić information content (AvgIpc) is 2.88. The summed E-state index contributed by atoms with van der Waals surface area (Å²) in [6, 6.07) is 0. The van der Waals surface area contributed by atoms with Crippen molar-refractivity contribution in [3.63, 3.8) is 0 Å². The van der Waals surface area contributed by atoms with Crippen LogP contribution in [0.4, 0.5) is 11.8 Å². The molecule has 1 aliphatic heterocycles. The molecule has 0 atom stereocenters. The summed E-state index contributed by atoms with van der Waals surface area (Å²) < 4.78 is 5.31. The van der Waals surface area contributed by atoms with Crippen LogP contribution < -0.4 is 10.7 Å². The number of nitrogens with one attached hydrogen (secondary N) is 3. The molecule has 2 aromatic rings. The lowest BCUT2D eigenvalue weighted by Crippen LogP contribution is -2.40. The molecule has 0 aliphatic carbocycles. The van der Waals surface area contributed by atoms with E-state index in [4.69, 9.17) is 4.74 Å². The number of aromatic amines is 1. The fourth-order valence-electron chi connectivity index (χ4n) is 1.85. The third-order valence-corrected chi connectivity index (χ3v) is 2.78. The molecule has 0 unspecified atom stereocenters. The maximum Gasteiger partial charge on any atom is 0.226 e. The van der Waals surface area contributed by atoms with E-state index in [2.05, 4.69) is 35.7 Å². The number of fused-ring (bicyclic) bond motifs is 1. The molecule has 2 aromatic heterocycles. The van der Waals surface area contributed by atoms with Gasteiger partial charge in [0.15, 0.2) is 11.5 Å². The third kappa shape index (κ3) is 2.07. The second-order valence-electron chi connectivity index (χ2n) is 3.96. The Morgan fingerprint density at radius 1 is 1.33 bits per heavy atom. The number of nitrogens with zero attached hydrogens (tertiary/aromatic N) is 4. The van der Waals surface area contributed by atoms with Gasteiger partial charge in [-0.25, -0.2) is 9.99 Å². The third-order valence-electron chi connectivity index (χ3n) is 2.78. The first-order valence-electron chi connectivity index (χ1n) is 5.85. The molecule has 1 aliphatic rings. The average molecular weight is 249 g/mol. The van der Waals surface area contributed by atoms with Crippen molar-refractivity contribution in [3.8, 4) is 0 Å². The second kappa shape index (κ2) is 4.75. The topological polar surface area (TPSA) is 91.0 Å². The minimum absolute atomic E-state index is 0.547. The predicted octanol–water partition coefficient (Wildman–Crippen LogP) is 0.0537. The lowest BCUT2D eigenvalue weighted by Gasteiger charge is -2.27. The van der Waals surface area contributed by atoms with Crippen molar-refractivity contribution in [2.24, 2.45) is 0 Å². The van der Waals surface area contributed by atoms with Crippen LogP contribution >= 0.6 is 0 Å². The normalized spacial score (nSPS) is 16.9. The quantitative estimate of drug-likeness (QED) is 0.708. The molecule has 18 heavy (non-hydrogen) atoms. The molecular weight excluding hydrogens is 234 g/mol. The summed E-state index contributed by atoms with van der Waals surface area (Å²) >= 11 is 0. The lowest BCUT2D eigenvalue weighted by molar-refractivity contribution is 0.0495. The number of hydrazine groups is 1. The van der Waals surface area contributed by atoms with Crippen LogP contribution in [-0.2, 0) is 4.74 Å². The van der Waals surface area contributed by atoms with Crippen molar-refractivity contribution in [1.29, 1.82) is 0 Å². The summed E-state index contributed by atoms with van der Waals surface area (Å²) in [6.45, 7) is 3.11. The summed E-state index contributed by atoms with van der Waals surface area (Å²) in [5, 5.41) is 5.00. The number of hydrogen-bond acceptors (Lipinski definition) is 7. The second-order valence-corrected chi connectivity index (χ2v) is 3.96. The molecule has 0 spiro atoms. The first kappa shape index (κ1) is 11.2. The molecule has 0 aromatic carbocycles. The Bertz CT molecular complexity index is 534. The van der Waals surface area contributed by atoms with E-state index in [-0.39, 0.29) is 0 Å². The minimum atomic E-state index is 0.547. The van der Waals surface area contributed by atoms with E-state index in [0.717, 1.165) is 37.6 Å². The Kier molecular flexibility index (Phi) is 2.95. The highest BCUT2D eigenvalue weighted by Crippen LogP contribution is 2.19. The van der Waals surface area contributed by atoms with Gasteiger partial charge in [0.2, 0.25) is 5.95 Å². The van der Waals surface area contributed by atoms with Crippen molar-refractivity contribution < 1.29 is 4.74 Å². The molecule has 0 bridgehead atoms. The Hall–Kier alpha value is -1.93. The number of ether oxygens (including phenoxy) is 1. The van der Waals surface area contributed by atoms with Crippen LogP contribution in [0, 0.1) is 0 Å². The summed E-state index contributed by atoms with van der Waals surface area (Å²) in [5.41, 5.74) is 4.73. The number of imidazole rings is 1. The van der Waals surface area contributed by atoms with Gasteiger partial charge in [-0.3, -0.25) is 0 Å². The molecule has 3 heterocycles. The Morgan fingerprint density at radius 2 is 2.17 bits per heavy atom. The van der Waals surface area contributed by atoms with Gasteiger partial charge in [0.05, 0.1) is 19.5 Å². The van der Waals surface area contributed by atoms with Crippen molar-refractivity contribution >= 4 is 22.9 Å². The zero-order chi connectivity index (χ0) is 12.4. The van der Waals surface area contributed by atoms with E-state index in [1.165, 1.54) is 0 Å². The first-order chi connectivity index (χ1) is 8.86. The van der Waals surface area contributed by atoms with Crippen LogP contribution in [0.2, 0.25) is 0 Å². The van der Waals surface area contributed by atoms with E-state index < -0.39 is 0 Å². The molecule has 0 amide bonds. The largest absolute Gasteiger partial charge is 0.379 e. The molecule has 3 N–H and O–H groups in total. The minimum Gasteiger partial charge on any atom is -0.379 e. The maximum atomic E-state index is 5.31. The Labute approximate surface area is 104 Å². The Morgan fingerprint density at radius 3 is 2.94 bits per heavy atom. The molecule has 1 saturated heterocycles. The first-order valence-corrected chi connectivity index (χ1v) is 5.85. The highest BCUT2D eigenvalue weighted by Gasteiger charge is 2.14. The molecule has 0 radical (unpaired) electrons. The Balaban J connectivity index is 1.91. The molecule has 3 rings (SSSR count). The maximum absolute atomic E-state index is 5.31. The highest BCUT2D eigenvalue weighted by atomic mass is 16.5. The van der Waals surface area contributed by atoms with E-state index >= 15 is 0 Å². The fraction of sp³-hybridized carbons (Fsp3) is 0.500. The van der Waals surface area contributed by atoms with Crippen LogP contribution in [-0.4, -0.2) is 58.3 Å². The van der Waals surface area contributed by atoms with Crippen molar-refractivity contribution in [3.05, 3.63) is 6.33 Å². The van der Waals surface area contributed by atoms with Crippen LogP contribution in [0.25, 0.3) is 11.2 Å². The number of anilines is 2. The van der Waals surface area contributed by atoms with Gasteiger partial charge in [0, 0.05) is 20.1 Å². The van der Waals surface area contributed by atoms with Gasteiger partial charge in [0.1, 0.15) is 5.52 Å². The molecule has 8 nitrogen and oxygen atoms in total. The van der Waals surface area contributed by atoms with Gasteiger partial charge < -0.3 is 20.5 Å². The number of hydrogen-bond donors (Lipinski definition) is 3. The summed E-state index contributed by atoms with van der Waals surface area (Å²) in [5.74, 6) is 1.27. The molecule has 8 heteroatoms. The van der Waals surface area contributed by atoms with Gasteiger partial charge in [-0.05, 0) is 0 Å².